The fraction of sp³-hybridized carbons (Fsp3) is 0.462. The van der Waals surface area contributed by atoms with Gasteiger partial charge >= 0.3 is 24.7 Å². The van der Waals surface area contributed by atoms with Crippen molar-refractivity contribution in [3.05, 3.63) is 64.2 Å². The zero-order valence-electron chi connectivity index (χ0n) is 21.9. The SMILES string of the molecule is CC(=O)N(Cc1cc(C(F)(F)F)cc(C(F)(F)F)c1)C1CCCN(OC(=O)OC(C)C)c2cc(C(F)(F)F)ccc21. The molecule has 0 bridgehead atoms. The third-order valence-corrected chi connectivity index (χ3v) is 6.12. The first-order chi connectivity index (χ1) is 18.8. The summed E-state index contributed by atoms with van der Waals surface area (Å²) in [5.41, 5.74) is -5.01. The van der Waals surface area contributed by atoms with Gasteiger partial charge < -0.3 is 14.5 Å². The van der Waals surface area contributed by atoms with E-state index < -0.39 is 71.5 Å². The number of amides is 1. The van der Waals surface area contributed by atoms with Crippen molar-refractivity contribution in [2.45, 2.75) is 70.8 Å². The van der Waals surface area contributed by atoms with E-state index in [1.165, 1.54) is 13.8 Å². The second-order valence-electron chi connectivity index (χ2n) is 9.60. The summed E-state index contributed by atoms with van der Waals surface area (Å²) in [5, 5.41) is 0.861. The summed E-state index contributed by atoms with van der Waals surface area (Å²) in [6.07, 6.45) is -16.8. The smallest absolute Gasteiger partial charge is 0.430 e. The van der Waals surface area contributed by atoms with Crippen molar-refractivity contribution in [3.63, 3.8) is 0 Å². The van der Waals surface area contributed by atoms with E-state index >= 15 is 0 Å². The van der Waals surface area contributed by atoms with E-state index in [1.54, 1.807) is 0 Å². The van der Waals surface area contributed by atoms with Crippen LogP contribution in [0.15, 0.2) is 36.4 Å². The van der Waals surface area contributed by atoms with Crippen LogP contribution in [0.25, 0.3) is 0 Å². The highest BCUT2D eigenvalue weighted by atomic mass is 19.4. The molecule has 0 saturated carbocycles. The van der Waals surface area contributed by atoms with Gasteiger partial charge in [0, 0.05) is 19.0 Å². The Morgan fingerprint density at radius 3 is 1.95 bits per heavy atom. The summed E-state index contributed by atoms with van der Waals surface area (Å²) in [5.74, 6) is -0.764. The second kappa shape index (κ2) is 11.7. The van der Waals surface area contributed by atoms with Crippen LogP contribution in [0.3, 0.4) is 0 Å². The number of anilines is 1. The Balaban J connectivity index is 2.11. The molecule has 226 valence electrons. The van der Waals surface area contributed by atoms with Gasteiger partial charge in [-0.05, 0) is 62.6 Å². The summed E-state index contributed by atoms with van der Waals surface area (Å²) in [6.45, 7) is 3.19. The summed E-state index contributed by atoms with van der Waals surface area (Å²) in [4.78, 5) is 31.0. The quantitative estimate of drug-likeness (QED) is 0.258. The average molecular weight is 600 g/mol. The number of hydrogen-bond acceptors (Lipinski definition) is 5. The Labute approximate surface area is 228 Å². The van der Waals surface area contributed by atoms with E-state index in [9.17, 15) is 49.1 Å². The molecule has 6 nitrogen and oxygen atoms in total. The number of benzene rings is 2. The first-order valence-corrected chi connectivity index (χ1v) is 12.2. The number of ether oxygens (including phenoxy) is 1. The van der Waals surface area contributed by atoms with Crippen LogP contribution in [0.1, 0.15) is 67.5 Å². The molecule has 0 fully saturated rings. The summed E-state index contributed by atoms with van der Waals surface area (Å²) >= 11 is 0. The predicted octanol–water partition coefficient (Wildman–Crippen LogP) is 7.91. The minimum atomic E-state index is -5.12. The van der Waals surface area contributed by atoms with Crippen molar-refractivity contribution in [2.75, 3.05) is 11.6 Å². The third kappa shape index (κ3) is 7.97. The molecule has 1 atom stereocenters. The molecular formula is C26H25F9N2O4. The molecule has 0 spiro atoms. The molecule has 1 heterocycles. The Morgan fingerprint density at radius 2 is 1.46 bits per heavy atom. The predicted molar refractivity (Wildman–Crippen MR) is 126 cm³/mol. The number of halogens is 9. The highest BCUT2D eigenvalue weighted by Crippen LogP contribution is 2.42. The van der Waals surface area contributed by atoms with Crippen molar-refractivity contribution in [1.82, 2.24) is 4.90 Å². The van der Waals surface area contributed by atoms with Crippen LogP contribution >= 0.6 is 0 Å². The van der Waals surface area contributed by atoms with Crippen molar-refractivity contribution in [3.8, 4) is 0 Å². The van der Waals surface area contributed by atoms with E-state index in [0.717, 1.165) is 23.0 Å². The number of nitrogens with zero attached hydrogens (tertiary/aromatic N) is 2. The Bertz CT molecular complexity index is 1240. The molecule has 0 N–H and O–H groups in total. The molecule has 2 aromatic rings. The van der Waals surface area contributed by atoms with Crippen LogP contribution < -0.4 is 5.06 Å². The zero-order valence-corrected chi connectivity index (χ0v) is 21.9. The van der Waals surface area contributed by atoms with Crippen LogP contribution in [-0.4, -0.2) is 29.6 Å². The first-order valence-electron chi connectivity index (χ1n) is 12.2. The van der Waals surface area contributed by atoms with Gasteiger partial charge in [-0.2, -0.15) is 39.5 Å². The molecule has 1 aliphatic rings. The van der Waals surface area contributed by atoms with Crippen LogP contribution in [0.2, 0.25) is 0 Å². The number of alkyl halides is 9. The van der Waals surface area contributed by atoms with E-state index in [0.29, 0.717) is 24.3 Å². The van der Waals surface area contributed by atoms with Gasteiger partial charge in [0.05, 0.1) is 41.1 Å². The van der Waals surface area contributed by atoms with Crippen LogP contribution in [0, 0.1) is 0 Å². The van der Waals surface area contributed by atoms with Crippen LogP contribution in [0.5, 0.6) is 0 Å². The third-order valence-electron chi connectivity index (χ3n) is 6.12. The van der Waals surface area contributed by atoms with E-state index in [1.807, 2.05) is 0 Å². The minimum absolute atomic E-state index is 0.0299. The topological polar surface area (TPSA) is 59.1 Å². The minimum Gasteiger partial charge on any atom is -0.430 e. The standard InChI is InChI=1S/C26H25F9N2O4/c1-14(2)40-23(39)41-37-8-4-5-21(20-7-6-17(12-22(20)37)24(27,28)29)36(15(3)38)13-16-9-18(25(30,31)32)11-19(10-16)26(33,34)35/h6-7,9-12,14,21H,4-5,8,13H2,1-3H3. The monoisotopic (exact) mass is 600 g/mol. The van der Waals surface area contributed by atoms with Gasteiger partial charge in [-0.15, -0.1) is 0 Å². The average Bonchev–Trinajstić information content (AvgIpc) is 2.99. The van der Waals surface area contributed by atoms with Gasteiger partial charge in [-0.1, -0.05) is 6.07 Å². The highest BCUT2D eigenvalue weighted by molar-refractivity contribution is 5.75. The summed E-state index contributed by atoms with van der Waals surface area (Å²) in [7, 11) is 0. The summed E-state index contributed by atoms with van der Waals surface area (Å²) in [6, 6.07) is 2.24. The number of carbonyl (C=O) groups is 2. The van der Waals surface area contributed by atoms with Gasteiger partial charge in [0.2, 0.25) is 5.91 Å². The molecule has 1 aliphatic heterocycles. The normalized spacial score (nSPS) is 16.2. The Hall–Kier alpha value is -3.65. The molecule has 0 radical (unpaired) electrons. The largest absolute Gasteiger partial charge is 0.533 e. The molecule has 41 heavy (non-hydrogen) atoms. The maximum absolute atomic E-state index is 13.6. The van der Waals surface area contributed by atoms with Gasteiger partial charge in [0.15, 0.2) is 0 Å². The van der Waals surface area contributed by atoms with Crippen LogP contribution in [-0.2, 0) is 39.4 Å². The first kappa shape index (κ1) is 31.9. The molecule has 0 aromatic heterocycles. The van der Waals surface area contributed by atoms with E-state index in [4.69, 9.17) is 9.57 Å². The van der Waals surface area contributed by atoms with E-state index in [2.05, 4.69) is 0 Å². The molecule has 2 aromatic carbocycles. The van der Waals surface area contributed by atoms with Crippen molar-refractivity contribution >= 4 is 17.7 Å². The lowest BCUT2D eigenvalue weighted by molar-refractivity contribution is -0.143. The fourth-order valence-electron chi connectivity index (χ4n) is 4.39. The van der Waals surface area contributed by atoms with Crippen LogP contribution in [0.4, 0.5) is 50.0 Å². The molecule has 0 aliphatic carbocycles. The number of hydroxylamine groups is 1. The molecule has 0 saturated heterocycles. The van der Waals surface area contributed by atoms with Gasteiger partial charge in [0.25, 0.3) is 0 Å². The Kier molecular flexibility index (Phi) is 9.08. The molecule has 15 heteroatoms. The van der Waals surface area contributed by atoms with Gasteiger partial charge in [0.1, 0.15) is 0 Å². The zero-order chi connectivity index (χ0) is 30.9. The lowest BCUT2D eigenvalue weighted by Crippen LogP contribution is -2.33. The fourth-order valence-corrected chi connectivity index (χ4v) is 4.39. The summed E-state index contributed by atoms with van der Waals surface area (Å²) < 4.78 is 126. The Morgan fingerprint density at radius 1 is 0.902 bits per heavy atom. The molecule has 1 amide bonds. The van der Waals surface area contributed by atoms with Gasteiger partial charge in [-0.25, -0.2) is 9.86 Å². The molecule has 3 rings (SSSR count). The van der Waals surface area contributed by atoms with Crippen molar-refractivity contribution in [2.24, 2.45) is 0 Å². The second-order valence-corrected chi connectivity index (χ2v) is 9.60. The van der Waals surface area contributed by atoms with Crippen molar-refractivity contribution in [1.29, 1.82) is 0 Å². The number of fused-ring (bicyclic) bond motifs is 1. The maximum Gasteiger partial charge on any atom is 0.533 e. The lowest BCUT2D eigenvalue weighted by Gasteiger charge is -2.32. The highest BCUT2D eigenvalue weighted by Gasteiger charge is 2.39. The number of hydrogen-bond donors (Lipinski definition) is 0. The lowest BCUT2D eigenvalue weighted by atomic mass is 9.97. The number of rotatable bonds is 5. The molecular weight excluding hydrogens is 575 g/mol. The molecule has 1 unspecified atom stereocenters. The van der Waals surface area contributed by atoms with Gasteiger partial charge in [-0.3, -0.25) is 4.79 Å². The number of carbonyl (C=O) groups excluding carboxylic acids is 2. The van der Waals surface area contributed by atoms with E-state index in [-0.39, 0.29) is 36.7 Å². The van der Waals surface area contributed by atoms with Crippen molar-refractivity contribution < 1.29 is 58.7 Å². The maximum atomic E-state index is 13.6.